The Labute approximate surface area is 299 Å². The number of ether oxygens (including phenoxy) is 4. The molecule has 11 nitrogen and oxygen atoms in total. The lowest BCUT2D eigenvalue weighted by molar-refractivity contribution is -0.337. The van der Waals surface area contributed by atoms with E-state index in [0.717, 1.165) is 12.0 Å². The number of pyridine rings is 1. The summed E-state index contributed by atoms with van der Waals surface area (Å²) in [6, 6.07) is 10.7. The first kappa shape index (κ1) is 34.9. The van der Waals surface area contributed by atoms with Crippen LogP contribution in [0.5, 0.6) is 0 Å². The minimum atomic E-state index is -1.50. The molecule has 8 rings (SSSR count). The third-order valence-electron chi connectivity index (χ3n) is 14.2. The Hall–Kier alpha value is -3.19. The molecule has 0 radical (unpaired) electrons. The third-order valence-corrected chi connectivity index (χ3v) is 14.2. The van der Waals surface area contributed by atoms with E-state index in [1.165, 1.54) is 6.08 Å². The number of fused-ring (bicyclic) bond motifs is 2. The van der Waals surface area contributed by atoms with Crippen molar-refractivity contribution in [3.05, 3.63) is 65.5 Å². The Morgan fingerprint density at radius 2 is 1.86 bits per heavy atom. The lowest BCUT2D eigenvalue weighted by Gasteiger charge is -2.70. The zero-order valence-corrected chi connectivity index (χ0v) is 30.2. The molecule has 7 bridgehead atoms. The molecule has 2 unspecified atom stereocenters. The van der Waals surface area contributed by atoms with Gasteiger partial charge in [-0.1, -0.05) is 26.0 Å². The zero-order valence-electron chi connectivity index (χ0n) is 30.2. The number of nitrogens with one attached hydrogen (secondary N) is 1. The summed E-state index contributed by atoms with van der Waals surface area (Å²) in [5, 5.41) is 28.8. The monoisotopic (exact) mass is 701 g/mol. The van der Waals surface area contributed by atoms with E-state index in [9.17, 15) is 19.8 Å². The maximum absolute atomic E-state index is 14.4. The number of aliphatic hydroxyl groups is 2. The number of aromatic nitrogens is 1. The van der Waals surface area contributed by atoms with Crippen LogP contribution in [0, 0.1) is 29.1 Å². The number of benzene rings is 1. The van der Waals surface area contributed by atoms with E-state index >= 15 is 0 Å². The average molecular weight is 702 g/mol. The van der Waals surface area contributed by atoms with E-state index in [2.05, 4.69) is 29.0 Å². The molecule has 6 aliphatic rings. The second-order valence-electron chi connectivity index (χ2n) is 15.8. The van der Waals surface area contributed by atoms with E-state index < -0.39 is 34.3 Å². The lowest BCUT2D eigenvalue weighted by Crippen LogP contribution is -2.83. The first-order valence-electron chi connectivity index (χ1n) is 18.6. The zero-order chi connectivity index (χ0) is 35.9. The molecule has 51 heavy (non-hydrogen) atoms. The number of piperidine rings is 1. The van der Waals surface area contributed by atoms with Gasteiger partial charge in [0.25, 0.3) is 0 Å². The fourth-order valence-electron chi connectivity index (χ4n) is 12.6. The molecule has 2 aromatic rings. The van der Waals surface area contributed by atoms with Crippen LogP contribution < -0.4 is 5.32 Å². The summed E-state index contributed by atoms with van der Waals surface area (Å²) < 4.78 is 25.3. The van der Waals surface area contributed by atoms with Gasteiger partial charge in [0.1, 0.15) is 16.8 Å². The Kier molecular flexibility index (Phi) is 8.52. The van der Waals surface area contributed by atoms with E-state index in [1.54, 1.807) is 57.9 Å². The number of nitrogens with zero attached hydrogens (tertiary/aromatic N) is 2. The van der Waals surface area contributed by atoms with Crippen LogP contribution in [0.1, 0.15) is 67.6 Å². The molecule has 1 aromatic carbocycles. The highest BCUT2D eigenvalue weighted by Gasteiger charge is 2.89. The topological polar surface area (TPSA) is 140 Å². The van der Waals surface area contributed by atoms with Gasteiger partial charge in [-0.25, -0.2) is 4.79 Å². The SMILES string of the molecule is CCc1ccnc(/C=C/C(=O)Nc2ccccc2C(=O)O[C@@]23CC[C@H](OC)[C@]45C([C@@H](C[C@H]24)[C@@]2(O)C[C@H](OC)[C@H]4C[C@@H]5[C@]2(O)C4OC)N(CC)C3)c1. The molecule has 1 saturated heterocycles. The number of carbonyl (C=O) groups excluding carboxylic acids is 2. The Bertz CT molecular complexity index is 1740. The van der Waals surface area contributed by atoms with E-state index in [0.29, 0.717) is 56.6 Å². The number of hydrogen-bond donors (Lipinski definition) is 3. The number of aryl methyl sites for hydroxylation is 1. The Morgan fingerprint density at radius 1 is 1.06 bits per heavy atom. The van der Waals surface area contributed by atoms with E-state index in [1.807, 2.05) is 12.1 Å². The standard InChI is InChI=1S/C40H51N3O8/c1-6-23-15-17-41-24(18-23)12-13-33(44)42-28-11-9-8-10-25(28)36(45)51-37-16-14-32(49-4)39-30(37)20-27(34(39)43(7-2)22-37)38(46)21-29(48-3)26-19-31(39)40(38,47)35(26)50-5/h8-13,15,17-18,26-27,29-32,34-35,46-47H,6-7,14,16,19-22H2,1-5H3,(H,42,44)/b13-12+/t26-,27-,29+,30-,31+,32+,34?,35?,37-,38+,39+,40+/m1/s1. The van der Waals surface area contributed by atoms with Crippen molar-refractivity contribution in [1.29, 1.82) is 0 Å². The van der Waals surface area contributed by atoms with Crippen LogP contribution in [-0.4, -0.2) is 108 Å². The van der Waals surface area contributed by atoms with Gasteiger partial charge in [-0.15, -0.1) is 0 Å². The molecule has 1 spiro atoms. The molecule has 5 aliphatic carbocycles. The normalized spacial score (nSPS) is 41.9. The number of methoxy groups -OCH3 is 3. The van der Waals surface area contributed by atoms with Crippen LogP contribution in [0.2, 0.25) is 0 Å². The highest BCUT2D eigenvalue weighted by molar-refractivity contribution is 6.06. The van der Waals surface area contributed by atoms with E-state index in [-0.39, 0.29) is 53.4 Å². The van der Waals surface area contributed by atoms with Gasteiger partial charge < -0.3 is 34.5 Å². The fourth-order valence-corrected chi connectivity index (χ4v) is 12.6. The van der Waals surface area contributed by atoms with Gasteiger partial charge in [0, 0.05) is 81.7 Å². The number of anilines is 1. The highest BCUT2D eigenvalue weighted by Crippen LogP contribution is 2.79. The molecule has 1 aliphatic heterocycles. The summed E-state index contributed by atoms with van der Waals surface area (Å²) >= 11 is 0. The van der Waals surface area contributed by atoms with Crippen molar-refractivity contribution in [2.45, 2.75) is 93.5 Å². The maximum Gasteiger partial charge on any atom is 0.340 e. The van der Waals surface area contributed by atoms with Gasteiger partial charge in [-0.2, -0.15) is 0 Å². The second kappa shape index (κ2) is 12.5. The number of carbonyl (C=O) groups is 2. The number of hydrogen-bond acceptors (Lipinski definition) is 10. The number of para-hydroxylation sites is 1. The second-order valence-corrected chi connectivity index (χ2v) is 15.8. The van der Waals surface area contributed by atoms with Crippen molar-refractivity contribution in [2.75, 3.05) is 39.7 Å². The van der Waals surface area contributed by atoms with E-state index in [4.69, 9.17) is 18.9 Å². The summed E-state index contributed by atoms with van der Waals surface area (Å²) in [6.45, 7) is 5.38. The minimum Gasteiger partial charge on any atom is -0.454 e. The molecule has 3 N–H and O–H groups in total. The van der Waals surface area contributed by atoms with Gasteiger partial charge >= 0.3 is 5.97 Å². The molecule has 12 atom stereocenters. The van der Waals surface area contributed by atoms with Crippen molar-refractivity contribution in [3.8, 4) is 0 Å². The van der Waals surface area contributed by atoms with Gasteiger partial charge in [0.2, 0.25) is 5.91 Å². The van der Waals surface area contributed by atoms with Gasteiger partial charge in [-0.05, 0) is 74.6 Å². The van der Waals surface area contributed by atoms with Crippen molar-refractivity contribution < 1.29 is 38.7 Å². The lowest BCUT2D eigenvalue weighted by atomic mass is 9.44. The smallest absolute Gasteiger partial charge is 0.340 e. The Morgan fingerprint density at radius 3 is 2.59 bits per heavy atom. The van der Waals surface area contributed by atoms with Crippen molar-refractivity contribution in [1.82, 2.24) is 9.88 Å². The van der Waals surface area contributed by atoms with Crippen LogP contribution in [-0.2, 0) is 30.2 Å². The minimum absolute atomic E-state index is 0.0717. The van der Waals surface area contributed by atoms with Crippen molar-refractivity contribution in [2.24, 2.45) is 29.1 Å². The number of esters is 1. The molecular formula is C40H51N3O8. The predicted molar refractivity (Wildman–Crippen MR) is 189 cm³/mol. The maximum atomic E-state index is 14.4. The van der Waals surface area contributed by atoms with Crippen LogP contribution in [0.3, 0.4) is 0 Å². The quantitative estimate of drug-likeness (QED) is 0.247. The molecular weight excluding hydrogens is 650 g/mol. The number of rotatable bonds is 10. The van der Waals surface area contributed by atoms with Gasteiger partial charge in [0.05, 0.1) is 35.3 Å². The molecule has 1 amide bonds. The third kappa shape index (κ3) is 4.61. The van der Waals surface area contributed by atoms with Crippen molar-refractivity contribution >= 4 is 23.6 Å². The molecule has 2 heterocycles. The van der Waals surface area contributed by atoms with Crippen LogP contribution in [0.25, 0.3) is 6.08 Å². The van der Waals surface area contributed by atoms with Gasteiger partial charge in [0.15, 0.2) is 0 Å². The van der Waals surface area contributed by atoms with Gasteiger partial charge in [-0.3, -0.25) is 14.7 Å². The summed E-state index contributed by atoms with van der Waals surface area (Å²) in [6.07, 6.45) is 7.38. The molecule has 1 aromatic heterocycles. The van der Waals surface area contributed by atoms with Crippen LogP contribution in [0.15, 0.2) is 48.7 Å². The first-order valence-corrected chi connectivity index (χ1v) is 18.6. The predicted octanol–water partition coefficient (Wildman–Crippen LogP) is 3.87. The average Bonchev–Trinajstić information content (AvgIpc) is 3.57. The fraction of sp³-hybridized carbons (Fsp3) is 0.625. The largest absolute Gasteiger partial charge is 0.454 e. The number of amides is 1. The number of likely N-dealkylation sites (tertiary alicyclic amines) is 1. The summed E-state index contributed by atoms with van der Waals surface area (Å²) in [5.74, 6) is -1.81. The molecule has 5 saturated carbocycles. The summed E-state index contributed by atoms with van der Waals surface area (Å²) in [5.41, 5.74) is -2.02. The molecule has 6 fully saturated rings. The number of likely N-dealkylation sites (N-methyl/N-ethyl adjacent to an activating group) is 1. The van der Waals surface area contributed by atoms with Crippen molar-refractivity contribution in [3.63, 3.8) is 0 Å². The summed E-state index contributed by atoms with van der Waals surface area (Å²) in [7, 11) is 5.06. The molecule has 274 valence electrons. The highest BCUT2D eigenvalue weighted by atomic mass is 16.6. The van der Waals surface area contributed by atoms with Crippen LogP contribution in [0.4, 0.5) is 5.69 Å². The summed E-state index contributed by atoms with van der Waals surface area (Å²) in [4.78, 5) is 34.3. The van der Waals surface area contributed by atoms with Crippen LogP contribution >= 0.6 is 0 Å². The first-order chi connectivity index (χ1) is 24.6. The Balaban J connectivity index is 1.14. The molecule has 11 heteroatoms.